The molecule has 1 heterocycles. The molecule has 6 nitrogen and oxygen atoms in total. The van der Waals surface area contributed by atoms with Crippen LogP contribution in [0.3, 0.4) is 0 Å². The molecule has 0 aliphatic carbocycles. The zero-order chi connectivity index (χ0) is 18.1. The summed E-state index contributed by atoms with van der Waals surface area (Å²) in [6, 6.07) is 5.25. The molecule has 8 heteroatoms. The summed E-state index contributed by atoms with van der Waals surface area (Å²) in [7, 11) is 5.37. The molecular formula is C18H30FIN4O2. The molecule has 0 spiro atoms. The van der Waals surface area contributed by atoms with Crippen LogP contribution in [-0.4, -0.2) is 59.6 Å². The number of hydrogen-bond donors (Lipinski definition) is 2. The first kappa shape index (κ1) is 22.9. The van der Waals surface area contributed by atoms with Gasteiger partial charge in [-0.15, -0.1) is 24.0 Å². The molecule has 1 fully saturated rings. The summed E-state index contributed by atoms with van der Waals surface area (Å²) in [5.41, 5.74) is 1.45. The second-order valence-electron chi connectivity index (χ2n) is 6.24. The Hall–Kier alpha value is -1.13. The molecule has 0 radical (unpaired) electrons. The standard InChI is InChI=1S/C18H29FN4O2.HI/c1-20-18(21-8-4-9-25-15-7-10-24-13-15)22-12-14-5-6-17(23(2)3)16(19)11-14;/h5-6,11,15H,4,7-10,12-13H2,1-3H3,(H2,20,21,22);1H. The van der Waals surface area contributed by atoms with Gasteiger partial charge in [0.05, 0.1) is 18.4 Å². The number of halogens is 2. The third-order valence-electron chi connectivity index (χ3n) is 4.03. The van der Waals surface area contributed by atoms with Crippen LogP contribution in [0.15, 0.2) is 23.2 Å². The van der Waals surface area contributed by atoms with E-state index in [1.807, 2.05) is 20.2 Å². The zero-order valence-electron chi connectivity index (χ0n) is 15.8. The van der Waals surface area contributed by atoms with Crippen molar-refractivity contribution >= 4 is 35.6 Å². The average Bonchev–Trinajstić information content (AvgIpc) is 3.10. The van der Waals surface area contributed by atoms with E-state index in [-0.39, 0.29) is 35.9 Å². The van der Waals surface area contributed by atoms with Gasteiger partial charge in [0.15, 0.2) is 5.96 Å². The molecule has 1 aliphatic heterocycles. The first-order valence-corrected chi connectivity index (χ1v) is 8.69. The van der Waals surface area contributed by atoms with Gasteiger partial charge in [0.25, 0.3) is 0 Å². The molecule has 148 valence electrons. The highest BCUT2D eigenvalue weighted by Crippen LogP contribution is 2.18. The first-order chi connectivity index (χ1) is 12.1. The fraction of sp³-hybridized carbons (Fsp3) is 0.611. The molecule has 0 saturated carbocycles. The molecule has 1 saturated heterocycles. The van der Waals surface area contributed by atoms with Crippen molar-refractivity contribution in [3.8, 4) is 0 Å². The van der Waals surface area contributed by atoms with Crippen molar-refractivity contribution in [1.82, 2.24) is 10.6 Å². The van der Waals surface area contributed by atoms with Crippen molar-refractivity contribution < 1.29 is 13.9 Å². The summed E-state index contributed by atoms with van der Waals surface area (Å²) in [6.07, 6.45) is 2.13. The largest absolute Gasteiger partial charge is 0.379 e. The monoisotopic (exact) mass is 480 g/mol. The Labute approximate surface area is 172 Å². The van der Waals surface area contributed by atoms with Crippen molar-refractivity contribution in [3.05, 3.63) is 29.6 Å². The third kappa shape index (κ3) is 7.63. The summed E-state index contributed by atoms with van der Waals surface area (Å²) in [5.74, 6) is 0.474. The fourth-order valence-corrected chi connectivity index (χ4v) is 2.60. The highest BCUT2D eigenvalue weighted by molar-refractivity contribution is 14.0. The molecule has 1 unspecified atom stereocenters. The smallest absolute Gasteiger partial charge is 0.191 e. The molecule has 0 amide bonds. The van der Waals surface area contributed by atoms with Crippen molar-refractivity contribution in [2.45, 2.75) is 25.5 Å². The molecule has 1 aromatic carbocycles. The Morgan fingerprint density at radius 1 is 1.38 bits per heavy atom. The topological polar surface area (TPSA) is 58.1 Å². The van der Waals surface area contributed by atoms with E-state index in [1.165, 1.54) is 0 Å². The Morgan fingerprint density at radius 3 is 2.81 bits per heavy atom. The van der Waals surface area contributed by atoms with Gasteiger partial charge in [-0.05, 0) is 30.5 Å². The van der Waals surface area contributed by atoms with Gasteiger partial charge in [-0.25, -0.2) is 4.39 Å². The SMILES string of the molecule is CN=C(NCCCOC1CCOC1)NCc1ccc(N(C)C)c(F)c1.I. The Morgan fingerprint density at radius 2 is 2.19 bits per heavy atom. The molecule has 1 aliphatic rings. The highest BCUT2D eigenvalue weighted by atomic mass is 127. The van der Waals surface area contributed by atoms with Crippen LogP contribution >= 0.6 is 24.0 Å². The molecule has 1 aromatic rings. The summed E-state index contributed by atoms with van der Waals surface area (Å²) in [6.45, 7) is 3.49. The van der Waals surface area contributed by atoms with E-state index in [0.717, 1.165) is 31.6 Å². The van der Waals surface area contributed by atoms with Crippen LogP contribution in [0.25, 0.3) is 0 Å². The molecule has 0 bridgehead atoms. The summed E-state index contributed by atoms with van der Waals surface area (Å²) < 4.78 is 25.0. The van der Waals surface area contributed by atoms with E-state index in [1.54, 1.807) is 24.1 Å². The van der Waals surface area contributed by atoms with E-state index >= 15 is 0 Å². The summed E-state index contributed by atoms with van der Waals surface area (Å²) in [4.78, 5) is 5.93. The molecular weight excluding hydrogens is 450 g/mol. The van der Waals surface area contributed by atoms with Crippen LogP contribution in [0, 0.1) is 5.82 Å². The third-order valence-corrected chi connectivity index (χ3v) is 4.03. The quantitative estimate of drug-likeness (QED) is 0.259. The molecule has 0 aromatic heterocycles. The van der Waals surface area contributed by atoms with E-state index in [9.17, 15) is 4.39 Å². The Kier molecular flexibility index (Phi) is 10.8. The first-order valence-electron chi connectivity index (χ1n) is 8.69. The minimum Gasteiger partial charge on any atom is -0.379 e. The molecule has 1 atom stereocenters. The number of nitrogens with zero attached hydrogens (tertiary/aromatic N) is 2. The van der Waals surface area contributed by atoms with Crippen LogP contribution < -0.4 is 15.5 Å². The normalized spacial score (nSPS) is 16.9. The number of rotatable bonds is 8. The highest BCUT2D eigenvalue weighted by Gasteiger charge is 2.15. The number of hydrogen-bond acceptors (Lipinski definition) is 4. The van der Waals surface area contributed by atoms with Crippen LogP contribution in [0.5, 0.6) is 0 Å². The lowest BCUT2D eigenvalue weighted by Gasteiger charge is -2.15. The second kappa shape index (κ2) is 12.3. The van der Waals surface area contributed by atoms with E-state index in [0.29, 0.717) is 31.4 Å². The molecule has 26 heavy (non-hydrogen) atoms. The number of ether oxygens (including phenoxy) is 2. The maximum Gasteiger partial charge on any atom is 0.191 e. The van der Waals surface area contributed by atoms with Gasteiger partial charge in [0.1, 0.15) is 5.82 Å². The summed E-state index contributed by atoms with van der Waals surface area (Å²) >= 11 is 0. The van der Waals surface area contributed by atoms with Gasteiger partial charge in [-0.1, -0.05) is 6.07 Å². The van der Waals surface area contributed by atoms with E-state index < -0.39 is 0 Å². The van der Waals surface area contributed by atoms with Crippen molar-refractivity contribution in [2.75, 3.05) is 52.4 Å². The van der Waals surface area contributed by atoms with Gasteiger partial charge in [-0.2, -0.15) is 0 Å². The summed E-state index contributed by atoms with van der Waals surface area (Å²) in [5, 5.41) is 6.43. The van der Waals surface area contributed by atoms with Gasteiger partial charge >= 0.3 is 0 Å². The van der Waals surface area contributed by atoms with Crippen LogP contribution in [0.4, 0.5) is 10.1 Å². The number of anilines is 1. The lowest BCUT2D eigenvalue weighted by molar-refractivity contribution is 0.0420. The van der Waals surface area contributed by atoms with Crippen LogP contribution in [0.2, 0.25) is 0 Å². The Balaban J connectivity index is 0.00000338. The number of nitrogens with one attached hydrogen (secondary N) is 2. The zero-order valence-corrected chi connectivity index (χ0v) is 18.1. The average molecular weight is 480 g/mol. The minimum atomic E-state index is -0.222. The molecule has 2 N–H and O–H groups in total. The van der Waals surface area contributed by atoms with Crippen LogP contribution in [0.1, 0.15) is 18.4 Å². The van der Waals surface area contributed by atoms with Gasteiger partial charge < -0.3 is 25.0 Å². The predicted octanol–water partition coefficient (Wildman–Crippen LogP) is 2.37. The van der Waals surface area contributed by atoms with Gasteiger partial charge in [0, 0.05) is 47.4 Å². The van der Waals surface area contributed by atoms with Gasteiger partial charge in [-0.3, -0.25) is 4.99 Å². The lowest BCUT2D eigenvalue weighted by Crippen LogP contribution is -2.37. The van der Waals surface area contributed by atoms with E-state index in [2.05, 4.69) is 15.6 Å². The minimum absolute atomic E-state index is 0. The maximum absolute atomic E-state index is 14.0. The molecule has 2 rings (SSSR count). The van der Waals surface area contributed by atoms with Crippen LogP contribution in [-0.2, 0) is 16.0 Å². The number of guanidine groups is 1. The van der Waals surface area contributed by atoms with Crippen molar-refractivity contribution in [3.63, 3.8) is 0 Å². The maximum atomic E-state index is 14.0. The second-order valence-corrected chi connectivity index (χ2v) is 6.24. The lowest BCUT2D eigenvalue weighted by atomic mass is 10.2. The number of benzene rings is 1. The fourth-order valence-electron chi connectivity index (χ4n) is 2.60. The van der Waals surface area contributed by atoms with Crippen molar-refractivity contribution in [1.29, 1.82) is 0 Å². The Bertz CT molecular complexity index is 566. The van der Waals surface area contributed by atoms with E-state index in [4.69, 9.17) is 9.47 Å². The predicted molar refractivity (Wildman–Crippen MR) is 114 cm³/mol. The van der Waals surface area contributed by atoms with Crippen molar-refractivity contribution in [2.24, 2.45) is 4.99 Å². The number of aliphatic imine (C=N–C) groups is 1. The van der Waals surface area contributed by atoms with Gasteiger partial charge in [0.2, 0.25) is 0 Å².